The van der Waals surface area contributed by atoms with Gasteiger partial charge in [-0.15, -0.1) is 0 Å². The van der Waals surface area contributed by atoms with Gasteiger partial charge in [0.15, 0.2) is 0 Å². The van der Waals surface area contributed by atoms with E-state index < -0.39 is 0 Å². The molecule has 1 aromatic carbocycles. The average molecular weight is 255 g/mol. The molecule has 0 spiro atoms. The van der Waals surface area contributed by atoms with Gasteiger partial charge in [-0.1, -0.05) is 30.3 Å². The molecule has 0 radical (unpaired) electrons. The highest BCUT2D eigenvalue weighted by atomic mass is 14.7. The third kappa shape index (κ3) is 2.12. The van der Waals surface area contributed by atoms with Crippen molar-refractivity contribution in [3.05, 3.63) is 35.9 Å². The predicted octanol–water partition coefficient (Wildman–Crippen LogP) is 4.29. The lowest BCUT2D eigenvalue weighted by Crippen LogP contribution is -2.47. The molecule has 4 bridgehead atoms. The minimum absolute atomic E-state index is 0.248. The number of rotatable bonds is 3. The average Bonchev–Trinajstić information content (AvgIpc) is 2.37. The molecule has 0 heterocycles. The topological polar surface area (TPSA) is 26.0 Å². The maximum atomic E-state index is 6.52. The van der Waals surface area contributed by atoms with Crippen molar-refractivity contribution < 1.29 is 0 Å². The second kappa shape index (κ2) is 4.34. The van der Waals surface area contributed by atoms with E-state index in [1.54, 1.807) is 0 Å². The first-order chi connectivity index (χ1) is 9.22. The summed E-state index contributed by atoms with van der Waals surface area (Å²) in [5, 5.41) is 0. The van der Waals surface area contributed by atoms with Crippen LogP contribution in [0.3, 0.4) is 0 Å². The maximum absolute atomic E-state index is 6.52. The molecule has 1 atom stereocenters. The molecule has 0 saturated heterocycles. The third-order valence-corrected chi connectivity index (χ3v) is 6.05. The van der Waals surface area contributed by atoms with Crippen LogP contribution in [0, 0.1) is 23.2 Å². The van der Waals surface area contributed by atoms with Gasteiger partial charge in [0, 0.05) is 6.04 Å². The molecule has 102 valence electrons. The Morgan fingerprint density at radius 3 is 2.00 bits per heavy atom. The second-order valence-electron chi connectivity index (χ2n) is 7.64. The lowest BCUT2D eigenvalue weighted by molar-refractivity contribution is -0.0605. The largest absolute Gasteiger partial charge is 0.324 e. The van der Waals surface area contributed by atoms with Crippen molar-refractivity contribution in [1.82, 2.24) is 0 Å². The van der Waals surface area contributed by atoms with E-state index in [-0.39, 0.29) is 6.04 Å². The third-order valence-electron chi connectivity index (χ3n) is 6.05. The molecule has 0 aliphatic heterocycles. The lowest BCUT2D eigenvalue weighted by Gasteiger charge is -2.57. The molecule has 0 aromatic heterocycles. The Kier molecular flexibility index (Phi) is 2.73. The molecular weight excluding hydrogens is 230 g/mol. The number of benzene rings is 1. The van der Waals surface area contributed by atoms with Crippen LogP contribution in [0.4, 0.5) is 0 Å². The van der Waals surface area contributed by atoms with Gasteiger partial charge in [0.2, 0.25) is 0 Å². The van der Waals surface area contributed by atoms with E-state index in [2.05, 4.69) is 30.3 Å². The molecule has 1 heteroatoms. The lowest BCUT2D eigenvalue weighted by atomic mass is 9.48. The Morgan fingerprint density at radius 2 is 1.47 bits per heavy atom. The Morgan fingerprint density at radius 1 is 0.947 bits per heavy atom. The first-order valence-corrected chi connectivity index (χ1v) is 8.03. The van der Waals surface area contributed by atoms with Crippen molar-refractivity contribution in [2.24, 2.45) is 28.9 Å². The van der Waals surface area contributed by atoms with Crippen LogP contribution in [-0.2, 0) is 0 Å². The molecule has 4 aliphatic carbocycles. The number of nitrogens with two attached hydrogens (primary N) is 1. The molecule has 4 aliphatic rings. The van der Waals surface area contributed by atoms with E-state index in [0.717, 1.165) is 17.8 Å². The Labute approximate surface area is 116 Å². The van der Waals surface area contributed by atoms with E-state index in [1.165, 1.54) is 50.5 Å². The maximum Gasteiger partial charge on any atom is 0.0300 e. The first-order valence-electron chi connectivity index (χ1n) is 8.03. The predicted molar refractivity (Wildman–Crippen MR) is 78.6 cm³/mol. The Bertz CT molecular complexity index is 415. The van der Waals surface area contributed by atoms with Crippen LogP contribution >= 0.6 is 0 Å². The van der Waals surface area contributed by atoms with Gasteiger partial charge in [-0.2, -0.15) is 0 Å². The quantitative estimate of drug-likeness (QED) is 0.856. The Balaban J connectivity index is 1.53. The van der Waals surface area contributed by atoms with Crippen molar-refractivity contribution in [2.75, 3.05) is 0 Å². The molecule has 1 nitrogen and oxygen atoms in total. The van der Waals surface area contributed by atoms with Crippen LogP contribution in [0.25, 0.3) is 0 Å². The molecule has 0 amide bonds. The van der Waals surface area contributed by atoms with Crippen LogP contribution in [0.5, 0.6) is 0 Å². The number of hydrogen-bond donors (Lipinski definition) is 1. The van der Waals surface area contributed by atoms with Crippen LogP contribution in [-0.4, -0.2) is 0 Å². The second-order valence-corrected chi connectivity index (χ2v) is 7.64. The van der Waals surface area contributed by atoms with Gasteiger partial charge in [0.25, 0.3) is 0 Å². The van der Waals surface area contributed by atoms with E-state index in [4.69, 9.17) is 5.73 Å². The highest BCUT2D eigenvalue weighted by Gasteiger charge is 2.51. The zero-order chi connectivity index (χ0) is 12.9. The highest BCUT2D eigenvalue weighted by Crippen LogP contribution is 2.62. The molecule has 4 fully saturated rings. The van der Waals surface area contributed by atoms with Gasteiger partial charge in [0.1, 0.15) is 0 Å². The fourth-order valence-corrected chi connectivity index (χ4v) is 5.82. The summed E-state index contributed by atoms with van der Waals surface area (Å²) in [4.78, 5) is 0. The number of hydrogen-bond acceptors (Lipinski definition) is 1. The standard InChI is InChI=1S/C18H25N/c19-17(16-4-2-1-3-5-16)12-18-9-13-6-14(10-18)8-15(7-13)11-18/h1-5,13-15,17H,6-12,19H2. The van der Waals surface area contributed by atoms with Crippen LogP contribution in [0.2, 0.25) is 0 Å². The van der Waals surface area contributed by atoms with E-state index in [0.29, 0.717) is 5.41 Å². The van der Waals surface area contributed by atoms with Crippen LogP contribution < -0.4 is 5.73 Å². The molecule has 4 saturated carbocycles. The van der Waals surface area contributed by atoms with Crippen molar-refractivity contribution in [3.8, 4) is 0 Å². The van der Waals surface area contributed by atoms with Crippen molar-refractivity contribution in [1.29, 1.82) is 0 Å². The highest BCUT2D eigenvalue weighted by molar-refractivity contribution is 5.19. The molecule has 1 unspecified atom stereocenters. The first kappa shape index (κ1) is 12.0. The van der Waals surface area contributed by atoms with Gasteiger partial charge in [0.05, 0.1) is 0 Å². The molecular formula is C18H25N. The van der Waals surface area contributed by atoms with Crippen LogP contribution in [0.15, 0.2) is 30.3 Å². The fraction of sp³-hybridized carbons (Fsp3) is 0.667. The molecule has 2 N–H and O–H groups in total. The summed E-state index contributed by atoms with van der Waals surface area (Å²) in [6.45, 7) is 0. The Hall–Kier alpha value is -0.820. The van der Waals surface area contributed by atoms with Crippen LogP contribution in [0.1, 0.15) is 56.6 Å². The summed E-state index contributed by atoms with van der Waals surface area (Å²) in [5.74, 6) is 3.11. The van der Waals surface area contributed by atoms with Crippen molar-refractivity contribution >= 4 is 0 Å². The summed E-state index contributed by atoms with van der Waals surface area (Å²) in [5.41, 5.74) is 8.45. The zero-order valence-electron chi connectivity index (χ0n) is 11.7. The van der Waals surface area contributed by atoms with Gasteiger partial charge >= 0.3 is 0 Å². The monoisotopic (exact) mass is 255 g/mol. The minimum Gasteiger partial charge on any atom is -0.324 e. The normalized spacial score (nSPS) is 41.4. The smallest absolute Gasteiger partial charge is 0.0300 e. The minimum atomic E-state index is 0.248. The zero-order valence-corrected chi connectivity index (χ0v) is 11.7. The van der Waals surface area contributed by atoms with Gasteiger partial charge < -0.3 is 5.73 Å². The van der Waals surface area contributed by atoms with E-state index >= 15 is 0 Å². The van der Waals surface area contributed by atoms with Gasteiger partial charge in [-0.25, -0.2) is 0 Å². The van der Waals surface area contributed by atoms with Gasteiger partial charge in [-0.3, -0.25) is 0 Å². The fourth-order valence-electron chi connectivity index (χ4n) is 5.82. The van der Waals surface area contributed by atoms with Gasteiger partial charge in [-0.05, 0) is 73.7 Å². The van der Waals surface area contributed by atoms with E-state index in [9.17, 15) is 0 Å². The van der Waals surface area contributed by atoms with Crippen molar-refractivity contribution in [2.45, 2.75) is 51.0 Å². The molecule has 1 aromatic rings. The molecule has 5 rings (SSSR count). The van der Waals surface area contributed by atoms with Crippen molar-refractivity contribution in [3.63, 3.8) is 0 Å². The summed E-state index contributed by atoms with van der Waals surface area (Å²) >= 11 is 0. The summed E-state index contributed by atoms with van der Waals surface area (Å²) in [7, 11) is 0. The molecule has 19 heavy (non-hydrogen) atoms. The van der Waals surface area contributed by atoms with E-state index in [1.807, 2.05) is 0 Å². The summed E-state index contributed by atoms with van der Waals surface area (Å²) in [6, 6.07) is 11.0. The SMILES string of the molecule is NC(CC12CC3CC(CC(C3)C1)C2)c1ccccc1. The summed E-state index contributed by atoms with van der Waals surface area (Å²) < 4.78 is 0. The summed E-state index contributed by atoms with van der Waals surface area (Å²) in [6.07, 6.45) is 10.2.